The molecule has 20 heavy (non-hydrogen) atoms. The van der Waals surface area contributed by atoms with Crippen molar-refractivity contribution < 1.29 is 15.9 Å². The van der Waals surface area contributed by atoms with Crippen molar-refractivity contribution in [3.63, 3.8) is 0 Å². The minimum Gasteiger partial charge on any atom is -0.147 e. The molecule has 115 valence electrons. The van der Waals surface area contributed by atoms with Gasteiger partial charge in [-0.1, -0.05) is 0 Å². The van der Waals surface area contributed by atoms with Crippen LogP contribution in [0.1, 0.15) is 27.2 Å². The van der Waals surface area contributed by atoms with E-state index >= 15 is 0 Å². The van der Waals surface area contributed by atoms with Gasteiger partial charge in [-0.2, -0.15) is 0 Å². The van der Waals surface area contributed by atoms with Gasteiger partial charge >= 0.3 is 111 Å². The average Bonchev–Trinajstić information content (AvgIpc) is 2.91. The van der Waals surface area contributed by atoms with Crippen LogP contribution in [0, 0.1) is 0 Å². The van der Waals surface area contributed by atoms with Crippen LogP contribution in [-0.2, 0) is 15.9 Å². The minimum atomic E-state index is -3.71. The molecule has 0 aliphatic heterocycles. The van der Waals surface area contributed by atoms with Gasteiger partial charge in [0.2, 0.25) is 0 Å². The molecule has 2 rings (SSSR count). The molecule has 1 aromatic rings. The first-order valence-corrected chi connectivity index (χ1v) is 21.3. The second-order valence-electron chi connectivity index (χ2n) is 8.27. The molecule has 0 bridgehead atoms. The van der Waals surface area contributed by atoms with Crippen molar-refractivity contribution in [1.82, 2.24) is 4.98 Å². The number of rotatable bonds is 2. The summed E-state index contributed by atoms with van der Waals surface area (Å²) in [4.78, 5) is 3.57. The number of aromatic nitrogens is 1. The Morgan fingerprint density at radius 3 is 2.15 bits per heavy atom. The fraction of sp³-hybridized carbons (Fsp3) is 0.467. The monoisotopic (exact) mass is 410 g/mol. The van der Waals surface area contributed by atoms with Crippen molar-refractivity contribution in [2.24, 2.45) is 0 Å². The molecule has 1 aliphatic carbocycles. The molecule has 0 radical (unpaired) electrons. The average molecular weight is 413 g/mol. The number of halogens is 2. The van der Waals surface area contributed by atoms with Gasteiger partial charge in [0.05, 0.1) is 0 Å². The fourth-order valence-corrected chi connectivity index (χ4v) is 18.3. The van der Waals surface area contributed by atoms with Crippen molar-refractivity contribution in [3.05, 3.63) is 39.8 Å². The number of allylic oxidation sites excluding steroid dienone is 4. The molecule has 0 atom stereocenters. The smallest absolute Gasteiger partial charge is 0.147 e. The zero-order valence-corrected chi connectivity index (χ0v) is 18.7. The molecular formula is C15H28Cl2NSiZr. The fourth-order valence-electron chi connectivity index (χ4n) is 3.10. The third-order valence-corrected chi connectivity index (χ3v) is 43.7. The molecule has 0 unspecified atom stereocenters. The summed E-state index contributed by atoms with van der Waals surface area (Å²) < 4.78 is 8.68. The Labute approximate surface area is 134 Å². The van der Waals surface area contributed by atoms with Gasteiger partial charge in [-0.3, -0.25) is 0 Å². The second-order valence-corrected chi connectivity index (χ2v) is 47.3. The van der Waals surface area contributed by atoms with E-state index in [1.807, 2.05) is 0 Å². The number of hydrogen-bond acceptors (Lipinski definition) is 0. The third kappa shape index (κ3) is 2.29. The molecule has 1 aliphatic rings. The molecule has 0 aromatic carbocycles. The molecule has 1 N–H and O–H groups in total. The van der Waals surface area contributed by atoms with E-state index in [1.165, 1.54) is 3.40 Å². The van der Waals surface area contributed by atoms with Crippen LogP contribution in [0.15, 0.2) is 39.8 Å². The maximum absolute atomic E-state index is 3.71. The zero-order valence-electron chi connectivity index (χ0n) is 13.2. The molecule has 5 heteroatoms. The van der Waals surface area contributed by atoms with Crippen LogP contribution in [0.3, 0.4) is 0 Å². The van der Waals surface area contributed by atoms with Gasteiger partial charge in [0.1, 0.15) is 0 Å². The summed E-state index contributed by atoms with van der Waals surface area (Å²) in [6, 6.07) is 4.47. The predicted molar refractivity (Wildman–Crippen MR) is 96.7 cm³/mol. The first kappa shape index (κ1) is 20.4. The Hall–Kier alpha value is 0.440. The normalized spacial score (nSPS) is 18.4. The third-order valence-electron chi connectivity index (χ3n) is 6.34. The van der Waals surface area contributed by atoms with Crippen LogP contribution in [0.2, 0.25) is 12.4 Å². The Balaban J connectivity index is 0.00000180. The molecule has 1 heterocycles. The van der Waals surface area contributed by atoms with E-state index in [0.717, 1.165) is 6.42 Å². The van der Waals surface area contributed by atoms with E-state index in [2.05, 4.69) is 78.5 Å². The van der Waals surface area contributed by atoms with Crippen molar-refractivity contribution in [2.45, 2.75) is 39.6 Å². The summed E-state index contributed by atoms with van der Waals surface area (Å²) in [5, 5.41) is 0. The molecule has 1 nitrogen and oxygen atoms in total. The molecule has 1 aromatic heterocycles. The maximum atomic E-state index is 3.57. The van der Waals surface area contributed by atoms with Gasteiger partial charge in [0.25, 0.3) is 0 Å². The van der Waals surface area contributed by atoms with Crippen molar-refractivity contribution in [1.29, 1.82) is 0 Å². The molecule has 0 saturated heterocycles. The molecule has 0 spiro atoms. The van der Waals surface area contributed by atoms with E-state index in [0.29, 0.717) is 3.12 Å². The predicted octanol–water partition coefficient (Wildman–Crippen LogP) is 4.42. The summed E-state index contributed by atoms with van der Waals surface area (Å²) in [7, 11) is 0. The quantitative estimate of drug-likeness (QED) is 0.693. The standard InChI is InChI=1S/C5H5.C4H4N.C4H9.2CH3.2ClH.H2Si.Zr/c2*1-2-4-5-3-1;1-4(2)3;;;;;;/h1-3H,4H2;1-3,5H;1-3H3;2*1H3;2*1H;1H2;. The van der Waals surface area contributed by atoms with Gasteiger partial charge in [0, 0.05) is 0 Å². The maximum Gasteiger partial charge on any atom is -0.147 e. The molecule has 0 amide bonds. The van der Waals surface area contributed by atoms with Gasteiger partial charge in [-0.25, -0.2) is 0 Å². The number of H-pyrrole nitrogens is 1. The zero-order chi connectivity index (χ0) is 13.7. The SMILES string of the molecule is C[C](C)(C)[Zr]([CH3])([CH3])(=[SiH2])([C]1=CC=CC1)[c]1ccc[nH]1.Cl.Cl. The Kier molecular flexibility index (Phi) is 5.38. The topological polar surface area (TPSA) is 15.8 Å². The first-order valence-electron chi connectivity index (χ1n) is 6.81. The number of aromatic amines is 1. The van der Waals surface area contributed by atoms with Gasteiger partial charge < -0.3 is 0 Å². The molecule has 0 saturated carbocycles. The molecular weight excluding hydrogens is 384 g/mol. The van der Waals surface area contributed by atoms with E-state index in [-0.39, 0.29) is 24.8 Å². The van der Waals surface area contributed by atoms with Gasteiger partial charge in [-0.15, -0.1) is 24.8 Å². The number of hydrogen-bond donors (Lipinski definition) is 1. The van der Waals surface area contributed by atoms with Crippen LogP contribution in [0.4, 0.5) is 0 Å². The molecule has 0 fully saturated rings. The van der Waals surface area contributed by atoms with Gasteiger partial charge in [0.15, 0.2) is 0 Å². The summed E-state index contributed by atoms with van der Waals surface area (Å²) in [5.41, 5.74) is 0. The van der Waals surface area contributed by atoms with E-state index < -0.39 is 15.9 Å². The van der Waals surface area contributed by atoms with Crippen molar-refractivity contribution >= 4 is 35.1 Å². The van der Waals surface area contributed by atoms with Crippen molar-refractivity contribution in [2.75, 3.05) is 0 Å². The first-order chi connectivity index (χ1) is 8.03. The largest absolute Gasteiger partial charge is 0.147 e. The Morgan fingerprint density at radius 1 is 1.20 bits per heavy atom. The van der Waals surface area contributed by atoms with E-state index in [4.69, 9.17) is 0 Å². The van der Waals surface area contributed by atoms with E-state index in [9.17, 15) is 0 Å². The van der Waals surface area contributed by atoms with Gasteiger partial charge in [-0.05, 0) is 0 Å². The summed E-state index contributed by atoms with van der Waals surface area (Å²) in [6.45, 7) is 9.61. The van der Waals surface area contributed by atoms with Crippen LogP contribution < -0.4 is 3.40 Å². The minimum absolute atomic E-state index is 0. The van der Waals surface area contributed by atoms with E-state index in [1.54, 1.807) is 3.28 Å². The Morgan fingerprint density at radius 2 is 1.80 bits per heavy atom. The van der Waals surface area contributed by atoms with Crippen molar-refractivity contribution in [3.8, 4) is 0 Å². The van der Waals surface area contributed by atoms with Crippen LogP contribution in [-0.4, -0.2) is 11.9 Å². The van der Waals surface area contributed by atoms with Crippen LogP contribution >= 0.6 is 24.8 Å². The van der Waals surface area contributed by atoms with Crippen LogP contribution in [0.25, 0.3) is 0 Å². The summed E-state index contributed by atoms with van der Waals surface area (Å²) in [5.74, 6) is 0. The summed E-state index contributed by atoms with van der Waals surface area (Å²) >= 11 is -3.71. The summed E-state index contributed by atoms with van der Waals surface area (Å²) in [6.07, 6.45) is 10.1. The van der Waals surface area contributed by atoms with Crippen LogP contribution in [0.5, 0.6) is 0 Å². The second kappa shape index (κ2) is 5.26. The number of nitrogens with one attached hydrogen (secondary N) is 1. The Bertz CT molecular complexity index is 627.